The number of hydrogen-bond acceptors (Lipinski definition) is 4. The smallest absolute Gasteiger partial charge is 0.246 e. The molecule has 0 atom stereocenters. The molecule has 1 aliphatic heterocycles. The number of carbonyl (C=O) groups excluding carboxylic acids is 1. The second-order valence-corrected chi connectivity index (χ2v) is 2.61. The van der Waals surface area contributed by atoms with Crippen molar-refractivity contribution in [2.75, 3.05) is 32.9 Å². The van der Waals surface area contributed by atoms with Crippen molar-refractivity contribution >= 4 is 5.91 Å². The fraction of sp³-hybridized carbons (Fsp3) is 0.857. The zero-order chi connectivity index (χ0) is 8.81. The third-order valence-electron chi connectivity index (χ3n) is 1.52. The standard InChI is InChI=1S/C7H14N2O3/c8-1-2-9-7(10)5-12-6-3-11-4-6/h6H,1-5,8H2,(H,9,10). The molecule has 1 fully saturated rings. The molecule has 5 heteroatoms. The van der Waals surface area contributed by atoms with E-state index in [1.54, 1.807) is 0 Å². The molecule has 1 heterocycles. The van der Waals surface area contributed by atoms with E-state index in [4.69, 9.17) is 15.2 Å². The van der Waals surface area contributed by atoms with E-state index < -0.39 is 0 Å². The van der Waals surface area contributed by atoms with Gasteiger partial charge in [-0.05, 0) is 0 Å². The zero-order valence-corrected chi connectivity index (χ0v) is 6.91. The van der Waals surface area contributed by atoms with Gasteiger partial charge in [0.25, 0.3) is 0 Å². The number of nitrogens with one attached hydrogen (secondary N) is 1. The molecule has 1 rings (SSSR count). The van der Waals surface area contributed by atoms with E-state index in [1.165, 1.54) is 0 Å². The van der Waals surface area contributed by atoms with Gasteiger partial charge in [-0.1, -0.05) is 0 Å². The largest absolute Gasteiger partial charge is 0.376 e. The Morgan fingerprint density at radius 2 is 2.42 bits per heavy atom. The van der Waals surface area contributed by atoms with Gasteiger partial charge in [-0.15, -0.1) is 0 Å². The van der Waals surface area contributed by atoms with Crippen LogP contribution in [0.2, 0.25) is 0 Å². The lowest BCUT2D eigenvalue weighted by molar-refractivity contribution is -0.148. The Kier molecular flexibility index (Phi) is 3.99. The van der Waals surface area contributed by atoms with Crippen molar-refractivity contribution in [1.29, 1.82) is 0 Å². The molecule has 1 saturated heterocycles. The summed E-state index contributed by atoms with van der Waals surface area (Å²) in [5.74, 6) is -0.118. The highest BCUT2D eigenvalue weighted by Gasteiger charge is 2.19. The van der Waals surface area contributed by atoms with Gasteiger partial charge in [0.1, 0.15) is 12.7 Å². The highest BCUT2D eigenvalue weighted by molar-refractivity contribution is 5.77. The van der Waals surface area contributed by atoms with Gasteiger partial charge in [-0.2, -0.15) is 0 Å². The molecule has 1 amide bonds. The summed E-state index contributed by atoms with van der Waals surface area (Å²) in [5.41, 5.74) is 5.19. The summed E-state index contributed by atoms with van der Waals surface area (Å²) < 4.78 is 10.0. The monoisotopic (exact) mass is 174 g/mol. The van der Waals surface area contributed by atoms with Crippen LogP contribution in [0.4, 0.5) is 0 Å². The van der Waals surface area contributed by atoms with Gasteiger partial charge in [-0.25, -0.2) is 0 Å². The molecule has 0 unspecified atom stereocenters. The number of hydrogen-bond donors (Lipinski definition) is 2. The molecular weight excluding hydrogens is 160 g/mol. The number of ether oxygens (including phenoxy) is 2. The molecular formula is C7H14N2O3. The molecule has 70 valence electrons. The van der Waals surface area contributed by atoms with Crippen LogP contribution >= 0.6 is 0 Å². The Bertz CT molecular complexity index is 148. The maximum Gasteiger partial charge on any atom is 0.246 e. The second-order valence-electron chi connectivity index (χ2n) is 2.61. The summed E-state index contributed by atoms with van der Waals surface area (Å²) in [6.45, 7) is 2.27. The van der Waals surface area contributed by atoms with Gasteiger partial charge < -0.3 is 20.5 Å². The fourth-order valence-electron chi connectivity index (χ4n) is 0.766. The van der Waals surface area contributed by atoms with Crippen LogP contribution < -0.4 is 11.1 Å². The Balaban J connectivity index is 1.94. The summed E-state index contributed by atoms with van der Waals surface area (Å²) in [6.07, 6.45) is 0.105. The fourth-order valence-corrected chi connectivity index (χ4v) is 0.766. The van der Waals surface area contributed by atoms with Gasteiger partial charge in [0.2, 0.25) is 5.91 Å². The minimum absolute atomic E-state index is 0.105. The van der Waals surface area contributed by atoms with Crippen LogP contribution in [0.1, 0.15) is 0 Å². The van der Waals surface area contributed by atoms with E-state index in [0.29, 0.717) is 26.3 Å². The van der Waals surface area contributed by atoms with Crippen molar-refractivity contribution in [1.82, 2.24) is 5.32 Å². The first-order valence-electron chi connectivity index (χ1n) is 3.99. The van der Waals surface area contributed by atoms with Gasteiger partial charge in [0.05, 0.1) is 13.2 Å². The predicted molar refractivity (Wildman–Crippen MR) is 42.6 cm³/mol. The van der Waals surface area contributed by atoms with Gasteiger partial charge in [0.15, 0.2) is 0 Å². The number of carbonyl (C=O) groups is 1. The topological polar surface area (TPSA) is 73.6 Å². The number of rotatable bonds is 5. The predicted octanol–water partition coefficient (Wildman–Crippen LogP) is -1.52. The molecule has 0 bridgehead atoms. The molecule has 0 spiro atoms. The third kappa shape index (κ3) is 3.17. The van der Waals surface area contributed by atoms with Crippen molar-refractivity contribution in [3.8, 4) is 0 Å². The summed E-state index contributed by atoms with van der Waals surface area (Å²) in [4.78, 5) is 10.9. The van der Waals surface area contributed by atoms with Gasteiger partial charge in [-0.3, -0.25) is 4.79 Å². The molecule has 0 radical (unpaired) electrons. The van der Waals surface area contributed by atoms with E-state index >= 15 is 0 Å². The van der Waals surface area contributed by atoms with E-state index in [9.17, 15) is 4.79 Å². The molecule has 0 saturated carbocycles. The highest BCUT2D eigenvalue weighted by atomic mass is 16.6. The van der Waals surface area contributed by atoms with Crippen LogP contribution in [-0.2, 0) is 14.3 Å². The first-order valence-corrected chi connectivity index (χ1v) is 3.99. The van der Waals surface area contributed by atoms with Gasteiger partial charge in [0, 0.05) is 13.1 Å². The van der Waals surface area contributed by atoms with Crippen LogP contribution in [-0.4, -0.2) is 44.9 Å². The minimum Gasteiger partial charge on any atom is -0.376 e. The number of nitrogens with two attached hydrogens (primary N) is 1. The maximum absolute atomic E-state index is 10.9. The van der Waals surface area contributed by atoms with E-state index in [1.807, 2.05) is 0 Å². The first-order chi connectivity index (χ1) is 5.83. The quantitative estimate of drug-likeness (QED) is 0.530. The molecule has 0 aromatic heterocycles. The van der Waals surface area contributed by atoms with Crippen LogP contribution in [0.5, 0.6) is 0 Å². The van der Waals surface area contributed by atoms with Crippen molar-refractivity contribution in [3.05, 3.63) is 0 Å². The van der Waals surface area contributed by atoms with E-state index in [2.05, 4.69) is 5.32 Å². The lowest BCUT2D eigenvalue weighted by Crippen LogP contribution is -2.40. The van der Waals surface area contributed by atoms with E-state index in [-0.39, 0.29) is 18.6 Å². The first kappa shape index (κ1) is 9.44. The second kappa shape index (κ2) is 5.08. The number of amides is 1. The lowest BCUT2D eigenvalue weighted by Gasteiger charge is -2.25. The molecule has 0 aliphatic carbocycles. The summed E-state index contributed by atoms with van der Waals surface area (Å²) >= 11 is 0. The Morgan fingerprint density at radius 1 is 1.67 bits per heavy atom. The minimum atomic E-state index is -0.118. The maximum atomic E-state index is 10.9. The van der Waals surface area contributed by atoms with Crippen LogP contribution in [0.15, 0.2) is 0 Å². The van der Waals surface area contributed by atoms with Crippen LogP contribution in [0, 0.1) is 0 Å². The average molecular weight is 174 g/mol. The molecule has 0 aromatic rings. The normalized spacial score (nSPS) is 17.1. The average Bonchev–Trinajstić information content (AvgIpc) is 1.98. The third-order valence-corrected chi connectivity index (χ3v) is 1.52. The van der Waals surface area contributed by atoms with Crippen molar-refractivity contribution in [2.24, 2.45) is 5.73 Å². The van der Waals surface area contributed by atoms with Crippen molar-refractivity contribution < 1.29 is 14.3 Å². The van der Waals surface area contributed by atoms with Gasteiger partial charge >= 0.3 is 0 Å². The highest BCUT2D eigenvalue weighted by Crippen LogP contribution is 2.03. The Hall–Kier alpha value is -0.650. The van der Waals surface area contributed by atoms with Crippen LogP contribution in [0.25, 0.3) is 0 Å². The molecule has 12 heavy (non-hydrogen) atoms. The summed E-state index contributed by atoms with van der Waals surface area (Å²) in [7, 11) is 0. The molecule has 3 N–H and O–H groups in total. The summed E-state index contributed by atoms with van der Waals surface area (Å²) in [5, 5.41) is 2.61. The molecule has 1 aliphatic rings. The lowest BCUT2D eigenvalue weighted by atomic mass is 10.3. The Morgan fingerprint density at radius 3 is 2.92 bits per heavy atom. The van der Waals surface area contributed by atoms with Crippen molar-refractivity contribution in [3.63, 3.8) is 0 Å². The van der Waals surface area contributed by atoms with E-state index in [0.717, 1.165) is 0 Å². The van der Waals surface area contributed by atoms with Crippen LogP contribution in [0.3, 0.4) is 0 Å². The zero-order valence-electron chi connectivity index (χ0n) is 6.91. The Labute approximate surface area is 71.2 Å². The van der Waals surface area contributed by atoms with Crippen molar-refractivity contribution in [2.45, 2.75) is 6.10 Å². The summed E-state index contributed by atoms with van der Waals surface area (Å²) in [6, 6.07) is 0. The SMILES string of the molecule is NCCNC(=O)COC1COC1. The molecule has 5 nitrogen and oxygen atoms in total. The molecule has 0 aromatic carbocycles.